The average molecular weight is 558 g/mol. The molecule has 6 fully saturated rings. The highest BCUT2D eigenvalue weighted by Crippen LogP contribution is 2.71. The highest BCUT2D eigenvalue weighted by molar-refractivity contribution is 5.94. The summed E-state index contributed by atoms with van der Waals surface area (Å²) in [5.74, 6) is 3.76. The van der Waals surface area contributed by atoms with Gasteiger partial charge in [0.15, 0.2) is 5.79 Å². The van der Waals surface area contributed by atoms with Crippen LogP contribution in [0, 0.1) is 52.3 Å². The standard InChI is InChI=1S/C34H55NO5/c1-20-10-15-34(38-19-20)21(2)30-27(39-34)17-26-24-9-8-22-16-23(35-28(36)18-29(37)40-31(3,4)5)11-13-32(22,6)25(24)12-14-33(26,30)7/h20-27,30H,8-19H2,1-7H3,(H,35,36)/t20-,21-,22+,23+,24+,25?,26-,27-,30-,32-,33-,34+/m0/s1. The average Bonchev–Trinajstić information content (AvgIpc) is 3.30. The van der Waals surface area contributed by atoms with Gasteiger partial charge in [-0.15, -0.1) is 0 Å². The number of carbonyl (C=O) groups excluding carboxylic acids is 2. The van der Waals surface area contributed by atoms with Crippen LogP contribution in [0.3, 0.4) is 0 Å². The molecule has 0 aromatic carbocycles. The third kappa shape index (κ3) is 4.75. The molecule has 0 aromatic rings. The van der Waals surface area contributed by atoms with E-state index in [0.717, 1.165) is 43.6 Å². The lowest BCUT2D eigenvalue weighted by molar-refractivity contribution is -0.273. The van der Waals surface area contributed by atoms with Crippen molar-refractivity contribution in [2.75, 3.05) is 6.61 Å². The number of amides is 1. The zero-order valence-corrected chi connectivity index (χ0v) is 26.2. The topological polar surface area (TPSA) is 73.9 Å². The first-order valence-corrected chi connectivity index (χ1v) is 16.6. The summed E-state index contributed by atoms with van der Waals surface area (Å²) in [5.41, 5.74) is 0.145. The van der Waals surface area contributed by atoms with E-state index >= 15 is 0 Å². The van der Waals surface area contributed by atoms with E-state index in [2.05, 4.69) is 33.0 Å². The molecule has 1 amide bonds. The Kier molecular flexibility index (Phi) is 7.21. The van der Waals surface area contributed by atoms with Crippen LogP contribution in [0.2, 0.25) is 0 Å². The maximum atomic E-state index is 12.7. The third-order valence-corrected chi connectivity index (χ3v) is 13.0. The lowest BCUT2D eigenvalue weighted by Gasteiger charge is -2.61. The number of carbonyl (C=O) groups is 2. The van der Waals surface area contributed by atoms with E-state index in [1.165, 1.54) is 44.9 Å². The second-order valence-corrected chi connectivity index (χ2v) is 16.5. The molecule has 12 atom stereocenters. The Morgan fingerprint density at radius 3 is 2.38 bits per heavy atom. The fourth-order valence-electron chi connectivity index (χ4n) is 11.2. The van der Waals surface area contributed by atoms with Crippen LogP contribution in [0.1, 0.15) is 119 Å². The van der Waals surface area contributed by atoms with Crippen molar-refractivity contribution < 1.29 is 23.8 Å². The lowest BCUT2D eigenvalue weighted by Crippen LogP contribution is -2.56. The summed E-state index contributed by atoms with van der Waals surface area (Å²) in [6.07, 6.45) is 12.1. The zero-order chi connectivity index (χ0) is 28.7. The molecule has 226 valence electrons. The van der Waals surface area contributed by atoms with Gasteiger partial charge >= 0.3 is 5.97 Å². The van der Waals surface area contributed by atoms with E-state index in [-0.39, 0.29) is 24.2 Å². The molecule has 40 heavy (non-hydrogen) atoms. The predicted molar refractivity (Wildman–Crippen MR) is 154 cm³/mol. The van der Waals surface area contributed by atoms with Gasteiger partial charge in [0.1, 0.15) is 12.0 Å². The van der Waals surface area contributed by atoms with Crippen molar-refractivity contribution in [3.8, 4) is 0 Å². The first kappa shape index (κ1) is 29.0. The van der Waals surface area contributed by atoms with Crippen LogP contribution in [0.15, 0.2) is 0 Å². The van der Waals surface area contributed by atoms with Crippen molar-refractivity contribution in [2.24, 2.45) is 52.3 Å². The van der Waals surface area contributed by atoms with Crippen molar-refractivity contribution in [3.63, 3.8) is 0 Å². The minimum Gasteiger partial charge on any atom is -0.460 e. The summed E-state index contributed by atoms with van der Waals surface area (Å²) >= 11 is 0. The highest BCUT2D eigenvalue weighted by atomic mass is 16.7. The van der Waals surface area contributed by atoms with Crippen molar-refractivity contribution >= 4 is 11.9 Å². The van der Waals surface area contributed by atoms with Gasteiger partial charge in [0.2, 0.25) is 5.91 Å². The molecular weight excluding hydrogens is 502 g/mol. The van der Waals surface area contributed by atoms with Crippen molar-refractivity contribution in [3.05, 3.63) is 0 Å². The number of hydrogen-bond acceptors (Lipinski definition) is 5. The first-order valence-electron chi connectivity index (χ1n) is 16.6. The molecule has 2 aliphatic heterocycles. The summed E-state index contributed by atoms with van der Waals surface area (Å²) in [5, 5.41) is 3.20. The second kappa shape index (κ2) is 9.96. The van der Waals surface area contributed by atoms with Gasteiger partial charge in [-0.3, -0.25) is 9.59 Å². The summed E-state index contributed by atoms with van der Waals surface area (Å²) in [4.78, 5) is 24.8. The number of nitrogens with one attached hydrogen (secondary N) is 1. The van der Waals surface area contributed by atoms with Gasteiger partial charge < -0.3 is 19.5 Å². The number of hydrogen-bond donors (Lipinski definition) is 1. The number of ether oxygens (including phenoxy) is 3. The molecule has 1 N–H and O–H groups in total. The predicted octanol–water partition coefficient (Wildman–Crippen LogP) is 6.65. The van der Waals surface area contributed by atoms with E-state index in [1.54, 1.807) is 0 Å². The maximum Gasteiger partial charge on any atom is 0.315 e. The molecule has 0 aromatic heterocycles. The molecule has 4 saturated carbocycles. The smallest absolute Gasteiger partial charge is 0.315 e. The van der Waals surface area contributed by atoms with Crippen LogP contribution in [0.25, 0.3) is 0 Å². The SMILES string of the molecule is C[C@H]1CC[C@@]2(OC1)O[C@H]1C[C@H]3[C@@H]4CC[C@@H]5C[C@H](NC(=O)CC(=O)OC(C)(C)C)CC[C@]5(C)C4CC[C@]3(C)[C@H]1[C@@H]2C. The molecule has 1 spiro atoms. The van der Waals surface area contributed by atoms with Gasteiger partial charge in [0, 0.05) is 18.4 Å². The van der Waals surface area contributed by atoms with Gasteiger partial charge in [0.25, 0.3) is 0 Å². The van der Waals surface area contributed by atoms with Crippen LogP contribution < -0.4 is 5.32 Å². The normalized spacial score (nSPS) is 49.9. The largest absolute Gasteiger partial charge is 0.460 e. The van der Waals surface area contributed by atoms with Crippen LogP contribution >= 0.6 is 0 Å². The van der Waals surface area contributed by atoms with E-state index in [0.29, 0.717) is 40.6 Å². The van der Waals surface area contributed by atoms with E-state index in [1.807, 2.05) is 20.8 Å². The Morgan fingerprint density at radius 1 is 0.925 bits per heavy atom. The molecule has 2 saturated heterocycles. The lowest BCUT2D eigenvalue weighted by atomic mass is 9.44. The summed E-state index contributed by atoms with van der Waals surface area (Å²) < 4.78 is 18.8. The molecular formula is C34H55NO5. The minimum atomic E-state index is -0.565. The van der Waals surface area contributed by atoms with Crippen LogP contribution in [-0.4, -0.2) is 42.0 Å². The molecule has 1 unspecified atom stereocenters. The Hall–Kier alpha value is -1.14. The maximum absolute atomic E-state index is 12.7. The minimum absolute atomic E-state index is 0.174. The summed E-state index contributed by atoms with van der Waals surface area (Å²) in [6.45, 7) is 16.3. The molecule has 0 bridgehead atoms. The van der Waals surface area contributed by atoms with Crippen LogP contribution in [0.4, 0.5) is 0 Å². The summed E-state index contributed by atoms with van der Waals surface area (Å²) in [6, 6.07) is 0.174. The number of fused-ring (bicyclic) bond motifs is 7. The summed E-state index contributed by atoms with van der Waals surface area (Å²) in [7, 11) is 0. The van der Waals surface area contributed by atoms with Crippen molar-refractivity contribution in [1.82, 2.24) is 5.32 Å². The Balaban J connectivity index is 1.09. The van der Waals surface area contributed by atoms with Gasteiger partial charge in [-0.2, -0.15) is 0 Å². The van der Waals surface area contributed by atoms with Crippen LogP contribution in [0.5, 0.6) is 0 Å². The van der Waals surface area contributed by atoms with Crippen molar-refractivity contribution in [2.45, 2.75) is 143 Å². The first-order chi connectivity index (χ1) is 18.7. The monoisotopic (exact) mass is 557 g/mol. The molecule has 6 nitrogen and oxygen atoms in total. The number of rotatable bonds is 3. The Bertz CT molecular complexity index is 997. The molecule has 6 rings (SSSR count). The second-order valence-electron chi connectivity index (χ2n) is 16.5. The van der Waals surface area contributed by atoms with E-state index in [9.17, 15) is 9.59 Å². The number of esters is 1. The molecule has 6 heteroatoms. The quantitative estimate of drug-likeness (QED) is 0.311. The fraction of sp³-hybridized carbons (Fsp3) is 0.941. The highest BCUT2D eigenvalue weighted by Gasteiger charge is 2.69. The van der Waals surface area contributed by atoms with Crippen LogP contribution in [-0.2, 0) is 23.8 Å². The van der Waals surface area contributed by atoms with Gasteiger partial charge in [0.05, 0.1) is 12.7 Å². The Labute approximate surface area is 242 Å². The van der Waals surface area contributed by atoms with Crippen molar-refractivity contribution in [1.29, 1.82) is 0 Å². The van der Waals surface area contributed by atoms with E-state index in [4.69, 9.17) is 14.2 Å². The van der Waals surface area contributed by atoms with Gasteiger partial charge in [-0.05, 0) is 125 Å². The third-order valence-electron chi connectivity index (χ3n) is 13.0. The van der Waals surface area contributed by atoms with Gasteiger partial charge in [-0.1, -0.05) is 27.7 Å². The Morgan fingerprint density at radius 2 is 1.68 bits per heavy atom. The van der Waals surface area contributed by atoms with E-state index < -0.39 is 11.6 Å². The molecule has 2 heterocycles. The molecule has 6 aliphatic rings. The molecule has 0 radical (unpaired) electrons. The fourth-order valence-corrected chi connectivity index (χ4v) is 11.2. The van der Waals surface area contributed by atoms with Gasteiger partial charge in [-0.25, -0.2) is 0 Å². The zero-order valence-electron chi connectivity index (χ0n) is 26.2. The molecule has 4 aliphatic carbocycles.